The van der Waals surface area contributed by atoms with E-state index in [1.165, 1.54) is 0 Å². The highest BCUT2D eigenvalue weighted by molar-refractivity contribution is 7.55. The number of quaternary nitrogens is 1. The summed E-state index contributed by atoms with van der Waals surface area (Å²) in [5, 5.41) is 0. The van der Waals surface area contributed by atoms with Crippen molar-refractivity contribution in [3.8, 4) is 0 Å². The molecule has 0 saturated carbocycles. The van der Waals surface area contributed by atoms with Crippen LogP contribution < -0.4 is 0 Å². The first-order valence-corrected chi connectivity index (χ1v) is 8.71. The maximum absolute atomic E-state index is 12.3. The Balaban J connectivity index is 4.43. The Labute approximate surface area is 127 Å². The topological polar surface area (TPSA) is 43.8 Å². The van der Waals surface area contributed by atoms with E-state index in [2.05, 4.69) is 21.1 Å². The van der Waals surface area contributed by atoms with Crippen LogP contribution in [-0.4, -0.2) is 71.0 Å². The van der Waals surface area contributed by atoms with Crippen molar-refractivity contribution < 1.29 is 13.9 Å². The molecule has 0 bridgehead atoms. The fraction of sp³-hybridized carbons (Fsp3) is 1.00. The smallest absolute Gasteiger partial charge is 0.269 e. The van der Waals surface area contributed by atoms with Gasteiger partial charge in [0.05, 0.1) is 34.2 Å². The van der Waals surface area contributed by atoms with Crippen LogP contribution in [0.2, 0.25) is 0 Å². The molecule has 0 aliphatic heterocycles. The summed E-state index contributed by atoms with van der Waals surface area (Å²) in [5.74, 6) is 0. The highest BCUT2D eigenvalue weighted by atomic mass is 35.5. The third kappa shape index (κ3) is 7.86. The molecule has 8 heteroatoms. The number of hydrogen-bond acceptors (Lipinski definition) is 2. The molecule has 1 N–H and O–H groups in total. The second-order valence-corrected chi connectivity index (χ2v) is 9.89. The molecule has 0 spiro atoms. The van der Waals surface area contributed by atoms with Crippen molar-refractivity contribution in [3.05, 3.63) is 0 Å². The Bertz CT molecular complexity index is 332. The molecule has 116 valence electrons. The van der Waals surface area contributed by atoms with Gasteiger partial charge in [-0.05, 0) is 50.9 Å². The minimum Gasteiger partial charge on any atom is -0.333 e. The lowest BCUT2D eigenvalue weighted by Crippen LogP contribution is -2.40. The number of halogens is 2. The molecule has 0 aliphatic rings. The second kappa shape index (κ2) is 7.08. The van der Waals surface area contributed by atoms with Gasteiger partial charge in [-0.1, -0.05) is 0 Å². The number of likely N-dealkylation sites (N-methyl/N-ethyl adjacent to an activating group) is 2. The quantitative estimate of drug-likeness (QED) is 0.421. The third-order valence-corrected chi connectivity index (χ3v) is 6.09. The van der Waals surface area contributed by atoms with Crippen LogP contribution in [-0.2, 0) is 4.57 Å². The Morgan fingerprint density at radius 3 is 2.11 bits per heavy atom. The van der Waals surface area contributed by atoms with Crippen molar-refractivity contribution in [2.45, 2.75) is 25.8 Å². The van der Waals surface area contributed by atoms with Crippen LogP contribution in [0.4, 0.5) is 0 Å². The lowest BCUT2D eigenvalue weighted by molar-refractivity contribution is -0.869. The van der Waals surface area contributed by atoms with Crippen LogP contribution in [0.25, 0.3) is 0 Å². The van der Waals surface area contributed by atoms with E-state index in [0.717, 1.165) is 15.0 Å². The first-order chi connectivity index (χ1) is 8.28. The minimum absolute atomic E-state index is 0.170. The summed E-state index contributed by atoms with van der Waals surface area (Å²) in [6, 6.07) is 0. The van der Waals surface area contributed by atoms with Crippen LogP contribution in [0, 0.1) is 0 Å². The largest absolute Gasteiger partial charge is 0.333 e. The molecule has 1 unspecified atom stereocenters. The van der Waals surface area contributed by atoms with Crippen LogP contribution in [0.15, 0.2) is 0 Å². The van der Waals surface area contributed by atoms with Crippen molar-refractivity contribution in [2.75, 3.05) is 47.4 Å². The standard InChI is InChI=1S/C11H26Cl2N3O2P/c1-11(2,15(12)13)7-10-19(17,18)14(3)8-9-16(4,5)6/h7-10H2,1-6H3/p+1. The zero-order chi connectivity index (χ0) is 15.5. The molecule has 0 fully saturated rings. The lowest BCUT2D eigenvalue weighted by Gasteiger charge is -2.32. The fourth-order valence-electron chi connectivity index (χ4n) is 1.28. The Kier molecular flexibility index (Phi) is 7.32. The van der Waals surface area contributed by atoms with Crippen molar-refractivity contribution in [2.24, 2.45) is 0 Å². The molecule has 0 rings (SSSR count). The van der Waals surface area contributed by atoms with Gasteiger partial charge in [-0.15, -0.1) is 3.94 Å². The van der Waals surface area contributed by atoms with E-state index in [4.69, 9.17) is 23.6 Å². The highest BCUT2D eigenvalue weighted by Crippen LogP contribution is 2.46. The zero-order valence-corrected chi connectivity index (χ0v) is 15.1. The Hall–Kier alpha value is 0.650. The van der Waals surface area contributed by atoms with Gasteiger partial charge in [0.1, 0.15) is 0 Å². The maximum atomic E-state index is 12.3. The van der Waals surface area contributed by atoms with Crippen LogP contribution in [0.3, 0.4) is 0 Å². The molecule has 0 heterocycles. The van der Waals surface area contributed by atoms with E-state index in [0.29, 0.717) is 13.0 Å². The van der Waals surface area contributed by atoms with Gasteiger partial charge in [0.2, 0.25) is 0 Å². The van der Waals surface area contributed by atoms with E-state index in [9.17, 15) is 9.46 Å². The predicted octanol–water partition coefficient (Wildman–Crippen LogP) is 2.59. The van der Waals surface area contributed by atoms with Crippen LogP contribution >= 0.6 is 31.1 Å². The highest BCUT2D eigenvalue weighted by Gasteiger charge is 2.32. The van der Waals surface area contributed by atoms with Crippen LogP contribution in [0.5, 0.6) is 0 Å². The Morgan fingerprint density at radius 1 is 1.26 bits per heavy atom. The van der Waals surface area contributed by atoms with E-state index in [1.807, 2.05) is 13.8 Å². The summed E-state index contributed by atoms with van der Waals surface area (Å²) in [6.45, 7) is 5.04. The van der Waals surface area contributed by atoms with Gasteiger partial charge in [-0.3, -0.25) is 4.57 Å². The lowest BCUT2D eigenvalue weighted by atomic mass is 10.0. The van der Waals surface area contributed by atoms with Gasteiger partial charge in [0.15, 0.2) is 0 Å². The molecular weight excluding hydrogens is 308 g/mol. The Morgan fingerprint density at radius 2 is 1.74 bits per heavy atom. The van der Waals surface area contributed by atoms with E-state index in [1.54, 1.807) is 11.7 Å². The van der Waals surface area contributed by atoms with Crippen molar-refractivity contribution in [1.29, 1.82) is 0 Å². The van der Waals surface area contributed by atoms with Gasteiger partial charge in [0, 0.05) is 11.7 Å². The molecule has 0 aromatic rings. The summed E-state index contributed by atoms with van der Waals surface area (Å²) in [4.78, 5) is 10.1. The number of rotatable bonds is 8. The summed E-state index contributed by atoms with van der Waals surface area (Å²) in [5.41, 5.74) is -0.525. The normalized spacial score (nSPS) is 17.0. The summed E-state index contributed by atoms with van der Waals surface area (Å²) < 4.78 is 15.6. The van der Waals surface area contributed by atoms with E-state index < -0.39 is 13.1 Å². The first-order valence-electron chi connectivity index (χ1n) is 6.24. The first kappa shape index (κ1) is 19.7. The molecule has 5 nitrogen and oxygen atoms in total. The van der Waals surface area contributed by atoms with Crippen molar-refractivity contribution >= 4 is 31.1 Å². The molecule has 0 aromatic heterocycles. The number of hydrogen-bond donors (Lipinski definition) is 1. The average molecular weight is 335 g/mol. The average Bonchev–Trinajstić information content (AvgIpc) is 2.22. The molecule has 1 atom stereocenters. The van der Waals surface area contributed by atoms with Gasteiger partial charge in [-0.25, -0.2) is 4.67 Å². The van der Waals surface area contributed by atoms with Gasteiger partial charge in [0.25, 0.3) is 7.52 Å². The molecule has 0 amide bonds. The molecule has 19 heavy (non-hydrogen) atoms. The minimum atomic E-state index is -3.33. The molecule has 0 radical (unpaired) electrons. The molecule has 0 saturated heterocycles. The van der Waals surface area contributed by atoms with Gasteiger partial charge >= 0.3 is 0 Å². The third-order valence-electron chi connectivity index (χ3n) is 3.10. The molecular formula is C11H27Cl2N3O2P+. The fourth-order valence-corrected chi connectivity index (χ4v) is 3.03. The van der Waals surface area contributed by atoms with Crippen LogP contribution in [0.1, 0.15) is 20.3 Å². The predicted molar refractivity (Wildman–Crippen MR) is 82.5 cm³/mol. The zero-order valence-electron chi connectivity index (χ0n) is 12.7. The van der Waals surface area contributed by atoms with E-state index in [-0.39, 0.29) is 6.16 Å². The molecule has 0 aromatic carbocycles. The maximum Gasteiger partial charge on any atom is 0.269 e. The summed E-state index contributed by atoms with van der Waals surface area (Å²) >= 11 is 11.4. The van der Waals surface area contributed by atoms with Gasteiger partial charge < -0.3 is 9.38 Å². The van der Waals surface area contributed by atoms with Gasteiger partial charge in [-0.2, -0.15) is 0 Å². The molecule has 0 aliphatic carbocycles. The SMILES string of the molecule is CN(CC[N+](C)(C)C)P(=O)(O)CCC(C)(C)N(Cl)Cl. The van der Waals surface area contributed by atoms with Crippen molar-refractivity contribution in [3.63, 3.8) is 0 Å². The monoisotopic (exact) mass is 334 g/mol. The summed E-state index contributed by atoms with van der Waals surface area (Å²) in [6.07, 6.45) is 0.617. The van der Waals surface area contributed by atoms with Crippen molar-refractivity contribution in [1.82, 2.24) is 8.61 Å². The van der Waals surface area contributed by atoms with E-state index >= 15 is 0 Å². The second-order valence-electron chi connectivity index (χ2n) is 6.58. The number of nitrogens with zero attached hydrogens (tertiary/aromatic N) is 3. The summed E-state index contributed by atoms with van der Waals surface area (Å²) in [7, 11) is 4.52.